The van der Waals surface area contributed by atoms with Crippen molar-refractivity contribution in [2.45, 2.75) is 0 Å². The zero-order valence-electron chi connectivity index (χ0n) is 12.5. The molecule has 118 valence electrons. The molecule has 0 saturated heterocycles. The van der Waals surface area contributed by atoms with E-state index in [0.29, 0.717) is 22.4 Å². The molecule has 0 radical (unpaired) electrons. The molecule has 0 spiro atoms. The molecule has 24 heavy (non-hydrogen) atoms. The molecule has 8 heteroatoms. The molecule has 3 heterocycles. The topological polar surface area (TPSA) is 104 Å². The van der Waals surface area contributed by atoms with Gasteiger partial charge >= 0.3 is 5.63 Å². The summed E-state index contributed by atoms with van der Waals surface area (Å²) in [7, 11) is 1.54. The van der Waals surface area contributed by atoms with Gasteiger partial charge in [-0.1, -0.05) is 0 Å². The minimum absolute atomic E-state index is 0.0575. The summed E-state index contributed by atoms with van der Waals surface area (Å²) in [5.74, 6) is 0.829. The molecule has 0 fully saturated rings. The number of hydrogen-bond acceptors (Lipinski definition) is 8. The van der Waals surface area contributed by atoms with E-state index in [1.807, 2.05) is 0 Å². The standard InChI is InChI=1S/C16H10N4O4/c1-22-10-3-2-9-6-11(16(21)23-13(9)7-10)14-19-20-15(24-14)12-8-17-4-5-18-12/h2-8H,1H3. The molecule has 0 aliphatic rings. The van der Waals surface area contributed by atoms with E-state index in [1.54, 1.807) is 31.4 Å². The SMILES string of the molecule is COc1ccc2cc(-c3nnc(-c4cnccn4)o3)c(=O)oc2c1. The maximum atomic E-state index is 12.2. The van der Waals surface area contributed by atoms with Crippen molar-refractivity contribution in [3.05, 3.63) is 53.3 Å². The van der Waals surface area contributed by atoms with Crippen LogP contribution in [0.1, 0.15) is 0 Å². The van der Waals surface area contributed by atoms with Crippen LogP contribution in [0.3, 0.4) is 0 Å². The Morgan fingerprint density at radius 1 is 1.04 bits per heavy atom. The van der Waals surface area contributed by atoms with Gasteiger partial charge in [0.1, 0.15) is 22.6 Å². The van der Waals surface area contributed by atoms with Gasteiger partial charge in [-0.15, -0.1) is 10.2 Å². The van der Waals surface area contributed by atoms with Gasteiger partial charge in [0.2, 0.25) is 0 Å². The summed E-state index contributed by atoms with van der Waals surface area (Å²) in [4.78, 5) is 20.2. The molecule has 0 amide bonds. The molecule has 4 aromatic rings. The first kappa shape index (κ1) is 14.1. The average Bonchev–Trinajstić information content (AvgIpc) is 3.11. The third kappa shape index (κ3) is 2.39. The molecule has 0 saturated carbocycles. The number of benzene rings is 1. The van der Waals surface area contributed by atoms with Crippen LogP contribution in [0.15, 0.2) is 56.5 Å². The van der Waals surface area contributed by atoms with Crippen LogP contribution in [-0.2, 0) is 0 Å². The van der Waals surface area contributed by atoms with Crippen molar-refractivity contribution in [1.82, 2.24) is 20.2 Å². The molecule has 0 aliphatic carbocycles. The third-order valence-corrected chi connectivity index (χ3v) is 3.38. The van der Waals surface area contributed by atoms with Crippen LogP contribution in [-0.4, -0.2) is 27.3 Å². The number of ether oxygens (including phenoxy) is 1. The first-order chi connectivity index (χ1) is 11.7. The minimum Gasteiger partial charge on any atom is -0.497 e. The van der Waals surface area contributed by atoms with E-state index < -0.39 is 5.63 Å². The molecule has 8 nitrogen and oxygen atoms in total. The first-order valence-electron chi connectivity index (χ1n) is 6.97. The summed E-state index contributed by atoms with van der Waals surface area (Å²) in [6, 6.07) is 6.82. The predicted octanol–water partition coefficient (Wildman–Crippen LogP) is 2.31. The Kier molecular flexibility index (Phi) is 3.27. The zero-order chi connectivity index (χ0) is 16.5. The summed E-state index contributed by atoms with van der Waals surface area (Å²) in [6.45, 7) is 0. The van der Waals surface area contributed by atoms with Crippen molar-refractivity contribution in [1.29, 1.82) is 0 Å². The average molecular weight is 322 g/mol. The van der Waals surface area contributed by atoms with Gasteiger partial charge in [-0.25, -0.2) is 9.78 Å². The predicted molar refractivity (Wildman–Crippen MR) is 83.4 cm³/mol. The van der Waals surface area contributed by atoms with Gasteiger partial charge in [0.15, 0.2) is 0 Å². The fraction of sp³-hybridized carbons (Fsp3) is 0.0625. The lowest BCUT2D eigenvalue weighted by Crippen LogP contribution is -2.03. The number of rotatable bonds is 3. The van der Waals surface area contributed by atoms with Crippen LogP contribution in [0.25, 0.3) is 34.0 Å². The summed E-state index contributed by atoms with van der Waals surface area (Å²) < 4.78 is 15.9. The van der Waals surface area contributed by atoms with Gasteiger partial charge in [0.25, 0.3) is 11.8 Å². The van der Waals surface area contributed by atoms with Crippen molar-refractivity contribution in [2.24, 2.45) is 0 Å². The van der Waals surface area contributed by atoms with Gasteiger partial charge < -0.3 is 13.6 Å². The maximum absolute atomic E-state index is 12.2. The highest BCUT2D eigenvalue weighted by Crippen LogP contribution is 2.25. The fourth-order valence-electron chi connectivity index (χ4n) is 2.21. The van der Waals surface area contributed by atoms with Crippen molar-refractivity contribution >= 4 is 11.0 Å². The molecular formula is C16H10N4O4. The molecule has 0 aliphatic heterocycles. The third-order valence-electron chi connectivity index (χ3n) is 3.38. The maximum Gasteiger partial charge on any atom is 0.349 e. The Bertz CT molecular complexity index is 1070. The molecule has 3 aromatic heterocycles. The molecule has 0 unspecified atom stereocenters. The molecule has 0 bridgehead atoms. The Hall–Kier alpha value is -3.55. The van der Waals surface area contributed by atoms with E-state index in [2.05, 4.69) is 20.2 Å². The van der Waals surface area contributed by atoms with Crippen LogP contribution < -0.4 is 10.4 Å². The van der Waals surface area contributed by atoms with E-state index >= 15 is 0 Å². The zero-order valence-corrected chi connectivity index (χ0v) is 12.5. The molecule has 4 rings (SSSR count). The molecule has 0 N–H and O–H groups in total. The number of aromatic nitrogens is 4. The van der Waals surface area contributed by atoms with Crippen LogP contribution in [0.2, 0.25) is 0 Å². The van der Waals surface area contributed by atoms with E-state index in [4.69, 9.17) is 13.6 Å². The normalized spacial score (nSPS) is 10.9. The van der Waals surface area contributed by atoms with Gasteiger partial charge in [-0.2, -0.15) is 0 Å². The monoisotopic (exact) mass is 322 g/mol. The van der Waals surface area contributed by atoms with Crippen LogP contribution in [0.5, 0.6) is 5.75 Å². The highest BCUT2D eigenvalue weighted by atomic mass is 16.5. The summed E-state index contributed by atoms with van der Waals surface area (Å²) in [6.07, 6.45) is 4.54. The lowest BCUT2D eigenvalue weighted by Gasteiger charge is -2.02. The Balaban J connectivity index is 1.81. The Morgan fingerprint density at radius 2 is 1.92 bits per heavy atom. The number of nitrogens with zero attached hydrogens (tertiary/aromatic N) is 4. The van der Waals surface area contributed by atoms with E-state index in [-0.39, 0.29) is 17.3 Å². The van der Waals surface area contributed by atoms with Crippen molar-refractivity contribution in [3.8, 4) is 28.8 Å². The Morgan fingerprint density at radius 3 is 2.71 bits per heavy atom. The lowest BCUT2D eigenvalue weighted by molar-refractivity contribution is 0.414. The lowest BCUT2D eigenvalue weighted by atomic mass is 10.2. The molecule has 0 atom stereocenters. The van der Waals surface area contributed by atoms with Crippen molar-refractivity contribution < 1.29 is 13.6 Å². The quantitative estimate of drug-likeness (QED) is 0.529. The summed E-state index contributed by atoms with van der Waals surface area (Å²) in [5.41, 5.74) is 0.434. The Labute approximate surface area is 134 Å². The van der Waals surface area contributed by atoms with E-state index in [1.165, 1.54) is 18.6 Å². The smallest absolute Gasteiger partial charge is 0.349 e. The molecule has 1 aromatic carbocycles. The molecular weight excluding hydrogens is 312 g/mol. The van der Waals surface area contributed by atoms with Crippen LogP contribution >= 0.6 is 0 Å². The van der Waals surface area contributed by atoms with Gasteiger partial charge in [-0.3, -0.25) is 4.98 Å². The summed E-state index contributed by atoms with van der Waals surface area (Å²) in [5, 5.41) is 8.50. The number of hydrogen-bond donors (Lipinski definition) is 0. The highest BCUT2D eigenvalue weighted by molar-refractivity contribution is 5.81. The first-order valence-corrected chi connectivity index (χ1v) is 6.97. The second kappa shape index (κ2) is 5.58. The second-order valence-electron chi connectivity index (χ2n) is 4.85. The van der Waals surface area contributed by atoms with E-state index in [0.717, 1.165) is 0 Å². The second-order valence-corrected chi connectivity index (χ2v) is 4.85. The van der Waals surface area contributed by atoms with Crippen molar-refractivity contribution in [2.75, 3.05) is 7.11 Å². The van der Waals surface area contributed by atoms with Crippen LogP contribution in [0.4, 0.5) is 0 Å². The van der Waals surface area contributed by atoms with Gasteiger partial charge in [0, 0.05) is 23.8 Å². The van der Waals surface area contributed by atoms with Gasteiger partial charge in [-0.05, 0) is 18.2 Å². The largest absolute Gasteiger partial charge is 0.497 e. The summed E-state index contributed by atoms with van der Waals surface area (Å²) >= 11 is 0. The number of fused-ring (bicyclic) bond motifs is 1. The van der Waals surface area contributed by atoms with E-state index in [9.17, 15) is 4.79 Å². The van der Waals surface area contributed by atoms with Crippen molar-refractivity contribution in [3.63, 3.8) is 0 Å². The van der Waals surface area contributed by atoms with Gasteiger partial charge in [0.05, 0.1) is 13.3 Å². The fourth-order valence-corrected chi connectivity index (χ4v) is 2.21. The minimum atomic E-state index is -0.579. The number of methoxy groups -OCH3 is 1. The highest BCUT2D eigenvalue weighted by Gasteiger charge is 2.16. The van der Waals surface area contributed by atoms with Crippen LogP contribution in [0, 0.1) is 0 Å².